The van der Waals surface area contributed by atoms with Crippen molar-refractivity contribution >= 4 is 29.3 Å². The van der Waals surface area contributed by atoms with Crippen LogP contribution in [0.5, 0.6) is 5.88 Å². The van der Waals surface area contributed by atoms with Gasteiger partial charge in [-0.1, -0.05) is 31.2 Å². The Balaban J connectivity index is 1.89. The fourth-order valence-corrected chi connectivity index (χ4v) is 3.28. The summed E-state index contributed by atoms with van der Waals surface area (Å²) in [5.41, 5.74) is 1.91. The van der Waals surface area contributed by atoms with Gasteiger partial charge in [0.15, 0.2) is 4.77 Å². The number of aromatic hydroxyl groups is 1. The van der Waals surface area contributed by atoms with Crippen LogP contribution in [0.3, 0.4) is 0 Å². The number of hydrogen-bond acceptors (Lipinski definition) is 4. The minimum absolute atomic E-state index is 0.0148. The van der Waals surface area contributed by atoms with Gasteiger partial charge in [0.05, 0.1) is 6.04 Å². The molecular weight excluding hydrogens is 360 g/mol. The van der Waals surface area contributed by atoms with E-state index in [4.69, 9.17) is 12.2 Å². The van der Waals surface area contributed by atoms with Crippen molar-refractivity contribution in [2.24, 2.45) is 4.99 Å². The number of fused-ring (bicyclic) bond motifs is 1. The molecule has 3 N–H and O–H groups in total. The van der Waals surface area contributed by atoms with Crippen LogP contribution in [-0.2, 0) is 13.0 Å². The minimum atomic E-state index is -0.455. The number of aliphatic imine (C=N–C) groups is 1. The van der Waals surface area contributed by atoms with Crippen molar-refractivity contribution in [3.8, 4) is 5.88 Å². The fourth-order valence-electron chi connectivity index (χ4n) is 3.03. The maximum Gasteiger partial charge on any atom is 0.264 e. The molecule has 2 heterocycles. The number of nitrogens with zero attached hydrogens (tertiary/aromatic N) is 2. The van der Waals surface area contributed by atoms with Crippen LogP contribution in [0.4, 0.5) is 0 Å². The summed E-state index contributed by atoms with van der Waals surface area (Å²) in [5.74, 6) is -0.200. The van der Waals surface area contributed by atoms with Crippen LogP contribution >= 0.6 is 12.2 Å². The van der Waals surface area contributed by atoms with Crippen molar-refractivity contribution in [3.05, 3.63) is 69.4 Å². The Bertz CT molecular complexity index is 1110. The lowest BCUT2D eigenvalue weighted by molar-refractivity contribution is 0.413. The number of para-hydroxylation sites is 1. The summed E-state index contributed by atoms with van der Waals surface area (Å²) in [6, 6.07) is 8.10. The Kier molecular flexibility index (Phi) is 5.71. The van der Waals surface area contributed by atoms with Gasteiger partial charge in [0.2, 0.25) is 5.88 Å². The van der Waals surface area contributed by atoms with Gasteiger partial charge in [-0.15, -0.1) is 6.58 Å². The standard InChI is InChI=1S/C20H22N4O2S/c1-3-9-24-19(26)16(18(25)23-20(24)27)12-21-14(4-2)10-13-11-22-17-8-6-5-7-15(13)17/h3,5-8,11-12,14,22,26H,1,4,9-10H2,2H3,(H,23,25,27)/t14-/m1/s1. The van der Waals surface area contributed by atoms with E-state index in [0.29, 0.717) is 6.54 Å². The van der Waals surface area contributed by atoms with E-state index in [1.807, 2.05) is 31.3 Å². The predicted octanol–water partition coefficient (Wildman–Crippen LogP) is 3.72. The lowest BCUT2D eigenvalue weighted by Gasteiger charge is -2.11. The molecule has 0 spiro atoms. The number of benzene rings is 1. The van der Waals surface area contributed by atoms with Crippen molar-refractivity contribution in [3.63, 3.8) is 0 Å². The smallest absolute Gasteiger partial charge is 0.264 e. The second-order valence-electron chi connectivity index (χ2n) is 6.30. The summed E-state index contributed by atoms with van der Waals surface area (Å²) in [6.45, 7) is 5.98. The van der Waals surface area contributed by atoms with Crippen molar-refractivity contribution in [2.75, 3.05) is 0 Å². The zero-order chi connectivity index (χ0) is 19.4. The molecule has 1 atom stereocenters. The topological polar surface area (TPSA) is 86.2 Å². The van der Waals surface area contributed by atoms with E-state index in [9.17, 15) is 9.90 Å². The normalized spacial score (nSPS) is 12.6. The van der Waals surface area contributed by atoms with E-state index in [1.54, 1.807) is 6.08 Å². The van der Waals surface area contributed by atoms with Gasteiger partial charge >= 0.3 is 0 Å². The summed E-state index contributed by atoms with van der Waals surface area (Å²) < 4.78 is 1.56. The van der Waals surface area contributed by atoms with Crippen molar-refractivity contribution in [1.29, 1.82) is 0 Å². The first-order chi connectivity index (χ1) is 13.0. The first-order valence-corrected chi connectivity index (χ1v) is 9.21. The van der Waals surface area contributed by atoms with E-state index in [-0.39, 0.29) is 22.3 Å². The van der Waals surface area contributed by atoms with Crippen molar-refractivity contribution < 1.29 is 5.11 Å². The van der Waals surface area contributed by atoms with Crippen LogP contribution in [0.1, 0.15) is 24.5 Å². The molecule has 3 rings (SSSR count). The van der Waals surface area contributed by atoms with Gasteiger partial charge < -0.3 is 10.1 Å². The van der Waals surface area contributed by atoms with Crippen LogP contribution in [0.25, 0.3) is 10.9 Å². The molecular formula is C20H22N4O2S. The SMILES string of the molecule is C=CCn1c(O)c(C=N[C@H](CC)Cc2c[nH]c3ccccc23)c(=O)[nH]c1=S. The Morgan fingerprint density at radius 3 is 2.93 bits per heavy atom. The average Bonchev–Trinajstić information content (AvgIpc) is 3.06. The highest BCUT2D eigenvalue weighted by Crippen LogP contribution is 2.21. The van der Waals surface area contributed by atoms with Crippen molar-refractivity contribution in [1.82, 2.24) is 14.5 Å². The molecule has 140 valence electrons. The average molecular weight is 382 g/mol. The van der Waals surface area contributed by atoms with E-state index < -0.39 is 5.56 Å². The van der Waals surface area contributed by atoms with Gasteiger partial charge in [-0.3, -0.25) is 19.3 Å². The monoisotopic (exact) mass is 382 g/mol. The highest BCUT2D eigenvalue weighted by atomic mass is 32.1. The van der Waals surface area contributed by atoms with Gasteiger partial charge in [-0.2, -0.15) is 0 Å². The van der Waals surface area contributed by atoms with Crippen LogP contribution in [-0.4, -0.2) is 31.9 Å². The molecule has 7 heteroatoms. The Morgan fingerprint density at radius 1 is 1.41 bits per heavy atom. The molecule has 0 aliphatic carbocycles. The molecule has 0 amide bonds. The predicted molar refractivity (Wildman–Crippen MR) is 111 cm³/mol. The molecule has 0 fully saturated rings. The lowest BCUT2D eigenvalue weighted by atomic mass is 10.0. The maximum atomic E-state index is 12.2. The first-order valence-electron chi connectivity index (χ1n) is 8.80. The number of aromatic amines is 2. The van der Waals surface area contributed by atoms with Gasteiger partial charge in [0.1, 0.15) is 5.56 Å². The summed E-state index contributed by atoms with van der Waals surface area (Å²) in [7, 11) is 0. The van der Waals surface area contributed by atoms with Crippen molar-refractivity contribution in [2.45, 2.75) is 32.4 Å². The number of aromatic nitrogens is 3. The summed E-state index contributed by atoms with van der Waals surface area (Å²) in [5, 5.41) is 11.6. The van der Waals surface area contributed by atoms with Gasteiger partial charge in [-0.05, 0) is 36.7 Å². The Morgan fingerprint density at radius 2 is 2.19 bits per heavy atom. The summed E-state index contributed by atoms with van der Waals surface area (Å²) in [4.78, 5) is 22.6. The number of nitrogens with one attached hydrogen (secondary N) is 2. The van der Waals surface area contributed by atoms with Crippen LogP contribution in [0, 0.1) is 4.77 Å². The largest absolute Gasteiger partial charge is 0.494 e. The third-order valence-corrected chi connectivity index (χ3v) is 4.86. The van der Waals surface area contributed by atoms with E-state index in [0.717, 1.165) is 18.4 Å². The number of rotatable bonds is 7. The molecule has 0 bridgehead atoms. The third-order valence-electron chi connectivity index (χ3n) is 4.53. The summed E-state index contributed by atoms with van der Waals surface area (Å²) >= 11 is 5.08. The first kappa shape index (κ1) is 18.8. The summed E-state index contributed by atoms with van der Waals surface area (Å²) in [6.07, 6.45) is 6.57. The highest BCUT2D eigenvalue weighted by molar-refractivity contribution is 7.71. The molecule has 0 saturated heterocycles. The lowest BCUT2D eigenvalue weighted by Crippen LogP contribution is -2.19. The Hall–Kier alpha value is -2.93. The second-order valence-corrected chi connectivity index (χ2v) is 6.69. The molecule has 0 aliphatic heterocycles. The second kappa shape index (κ2) is 8.18. The molecule has 0 aliphatic rings. The third kappa shape index (κ3) is 3.93. The number of H-pyrrole nitrogens is 2. The molecule has 2 aromatic heterocycles. The molecule has 3 aromatic rings. The van der Waals surface area contributed by atoms with E-state index in [2.05, 4.69) is 27.6 Å². The van der Waals surface area contributed by atoms with Crippen LogP contribution < -0.4 is 5.56 Å². The quantitative estimate of drug-likeness (QED) is 0.331. The van der Waals surface area contributed by atoms with Gasteiger partial charge in [0, 0.05) is 29.9 Å². The zero-order valence-corrected chi connectivity index (χ0v) is 15.9. The molecule has 0 radical (unpaired) electrons. The van der Waals surface area contributed by atoms with Crippen LogP contribution in [0.15, 0.2) is 52.9 Å². The molecule has 0 unspecified atom stereocenters. The maximum absolute atomic E-state index is 12.2. The molecule has 0 saturated carbocycles. The molecule has 6 nitrogen and oxygen atoms in total. The minimum Gasteiger partial charge on any atom is -0.494 e. The van der Waals surface area contributed by atoms with E-state index in [1.165, 1.54) is 21.7 Å². The fraction of sp³-hybridized carbons (Fsp3) is 0.250. The zero-order valence-electron chi connectivity index (χ0n) is 15.1. The van der Waals surface area contributed by atoms with Crippen LogP contribution in [0.2, 0.25) is 0 Å². The Labute approximate surface area is 161 Å². The van der Waals surface area contributed by atoms with E-state index >= 15 is 0 Å². The molecule has 27 heavy (non-hydrogen) atoms. The molecule has 1 aromatic carbocycles. The highest BCUT2D eigenvalue weighted by Gasteiger charge is 2.13. The van der Waals surface area contributed by atoms with Gasteiger partial charge in [-0.25, -0.2) is 0 Å². The number of allylic oxidation sites excluding steroid dienone is 1. The number of hydrogen-bond donors (Lipinski definition) is 3. The van der Waals surface area contributed by atoms with Gasteiger partial charge in [0.25, 0.3) is 5.56 Å².